The van der Waals surface area contributed by atoms with Crippen LogP contribution in [-0.2, 0) is 4.74 Å². The molecule has 1 rings (SSSR count). The Morgan fingerprint density at radius 1 is 1.69 bits per heavy atom. The molecular formula is C10H18ClNO. The third kappa shape index (κ3) is 4.65. The second-order valence-electron chi connectivity index (χ2n) is 3.65. The summed E-state index contributed by atoms with van der Waals surface area (Å²) in [6, 6.07) is 0. The molecule has 1 saturated heterocycles. The summed E-state index contributed by atoms with van der Waals surface area (Å²) < 4.78 is 5.30. The van der Waals surface area contributed by atoms with Crippen molar-refractivity contribution in [2.45, 2.75) is 19.8 Å². The molecule has 1 N–H and O–H groups in total. The van der Waals surface area contributed by atoms with Crippen LogP contribution in [-0.4, -0.2) is 26.3 Å². The topological polar surface area (TPSA) is 21.3 Å². The second kappa shape index (κ2) is 6.41. The van der Waals surface area contributed by atoms with E-state index in [1.54, 1.807) is 5.54 Å². The van der Waals surface area contributed by atoms with Gasteiger partial charge in [-0.25, -0.2) is 0 Å². The van der Waals surface area contributed by atoms with E-state index in [0.29, 0.717) is 0 Å². The van der Waals surface area contributed by atoms with Crippen molar-refractivity contribution in [3.63, 3.8) is 0 Å². The normalized spacial score (nSPS) is 23.8. The fourth-order valence-electron chi connectivity index (χ4n) is 1.44. The highest BCUT2D eigenvalue weighted by Crippen LogP contribution is 2.15. The van der Waals surface area contributed by atoms with Gasteiger partial charge in [0.15, 0.2) is 0 Å². The molecule has 0 aliphatic carbocycles. The monoisotopic (exact) mass is 203 g/mol. The molecule has 0 radical (unpaired) electrons. The highest BCUT2D eigenvalue weighted by molar-refractivity contribution is 6.25. The van der Waals surface area contributed by atoms with Gasteiger partial charge in [0.25, 0.3) is 0 Å². The zero-order valence-corrected chi connectivity index (χ0v) is 8.94. The van der Waals surface area contributed by atoms with Crippen molar-refractivity contribution in [3.8, 4) is 0 Å². The molecule has 13 heavy (non-hydrogen) atoms. The number of nitrogens with one attached hydrogen (secondary N) is 1. The van der Waals surface area contributed by atoms with Crippen molar-refractivity contribution >= 4 is 11.6 Å². The van der Waals surface area contributed by atoms with Gasteiger partial charge in [0.1, 0.15) is 0 Å². The Labute approximate surface area is 85.3 Å². The average Bonchev–Trinajstić information content (AvgIpc) is 2.64. The Bertz CT molecular complexity index is 164. The molecule has 1 unspecified atom stereocenters. The van der Waals surface area contributed by atoms with Crippen molar-refractivity contribution in [1.29, 1.82) is 0 Å². The molecule has 76 valence electrons. The van der Waals surface area contributed by atoms with Crippen LogP contribution in [0.25, 0.3) is 0 Å². The zero-order chi connectivity index (χ0) is 9.52. The molecule has 0 aromatic heterocycles. The molecule has 0 spiro atoms. The first kappa shape index (κ1) is 11.0. The molecular weight excluding hydrogens is 186 g/mol. The summed E-state index contributed by atoms with van der Waals surface area (Å²) in [6.45, 7) is 5.89. The van der Waals surface area contributed by atoms with Crippen molar-refractivity contribution in [3.05, 3.63) is 11.1 Å². The van der Waals surface area contributed by atoms with Crippen LogP contribution in [0.5, 0.6) is 0 Å². The quantitative estimate of drug-likeness (QED) is 0.692. The fraction of sp³-hybridized carbons (Fsp3) is 0.800. The van der Waals surface area contributed by atoms with E-state index in [1.807, 2.05) is 6.92 Å². The predicted molar refractivity (Wildman–Crippen MR) is 56.0 cm³/mol. The number of hydrogen-bond donors (Lipinski definition) is 1. The van der Waals surface area contributed by atoms with E-state index in [2.05, 4.69) is 5.32 Å². The molecule has 0 bridgehead atoms. The Hall–Kier alpha value is -0.0500. The predicted octanol–water partition coefficient (Wildman–Crippen LogP) is 2.15. The van der Waals surface area contributed by atoms with Crippen LogP contribution in [0.4, 0.5) is 0 Å². The van der Waals surface area contributed by atoms with Gasteiger partial charge < -0.3 is 10.1 Å². The first-order chi connectivity index (χ1) is 6.33. The lowest BCUT2D eigenvalue weighted by Gasteiger charge is -2.08. The molecule has 1 atom stereocenters. The molecule has 0 aromatic carbocycles. The van der Waals surface area contributed by atoms with Gasteiger partial charge in [-0.05, 0) is 37.8 Å². The lowest BCUT2D eigenvalue weighted by Crippen LogP contribution is -2.20. The standard InChI is InChI=1S/C10H18ClNO/c1-9(6-11)7-12-4-2-10-3-5-13-8-10/h6,10,12H,2-5,7-8H2,1H3. The molecule has 1 heterocycles. The Morgan fingerprint density at radius 2 is 2.54 bits per heavy atom. The molecule has 0 aromatic rings. The number of rotatable bonds is 5. The smallest absolute Gasteiger partial charge is 0.0495 e. The van der Waals surface area contributed by atoms with Crippen LogP contribution in [0, 0.1) is 5.92 Å². The minimum atomic E-state index is 0.771. The van der Waals surface area contributed by atoms with Crippen molar-refractivity contribution in [2.24, 2.45) is 5.92 Å². The third-order valence-corrected chi connectivity index (χ3v) is 2.72. The maximum atomic E-state index is 5.54. The summed E-state index contributed by atoms with van der Waals surface area (Å²) in [7, 11) is 0. The molecule has 1 fully saturated rings. The van der Waals surface area contributed by atoms with E-state index in [9.17, 15) is 0 Å². The lowest BCUT2D eigenvalue weighted by atomic mass is 10.1. The van der Waals surface area contributed by atoms with E-state index in [1.165, 1.54) is 18.4 Å². The average molecular weight is 204 g/mol. The fourth-order valence-corrected chi connectivity index (χ4v) is 1.52. The summed E-state index contributed by atoms with van der Waals surface area (Å²) in [5.41, 5.74) is 2.82. The van der Waals surface area contributed by atoms with Gasteiger partial charge in [0.2, 0.25) is 0 Å². The highest BCUT2D eigenvalue weighted by Gasteiger charge is 2.14. The number of ether oxygens (including phenoxy) is 1. The van der Waals surface area contributed by atoms with E-state index in [4.69, 9.17) is 16.3 Å². The molecule has 3 heteroatoms. The van der Waals surface area contributed by atoms with E-state index in [0.717, 1.165) is 32.2 Å². The molecule has 2 nitrogen and oxygen atoms in total. The van der Waals surface area contributed by atoms with Crippen LogP contribution < -0.4 is 5.32 Å². The summed E-state index contributed by atoms with van der Waals surface area (Å²) >= 11 is 5.54. The minimum Gasteiger partial charge on any atom is -0.381 e. The maximum absolute atomic E-state index is 5.54. The van der Waals surface area contributed by atoms with Gasteiger partial charge in [-0.1, -0.05) is 11.6 Å². The van der Waals surface area contributed by atoms with Gasteiger partial charge in [-0.15, -0.1) is 0 Å². The second-order valence-corrected chi connectivity index (χ2v) is 3.87. The Balaban J connectivity index is 1.94. The van der Waals surface area contributed by atoms with Gasteiger partial charge in [-0.2, -0.15) is 0 Å². The third-order valence-electron chi connectivity index (χ3n) is 2.34. The van der Waals surface area contributed by atoms with E-state index < -0.39 is 0 Å². The van der Waals surface area contributed by atoms with Gasteiger partial charge in [-0.3, -0.25) is 0 Å². The van der Waals surface area contributed by atoms with Crippen LogP contribution >= 0.6 is 11.6 Å². The Morgan fingerprint density at radius 3 is 3.15 bits per heavy atom. The first-order valence-electron chi connectivity index (χ1n) is 4.87. The molecule has 1 aliphatic rings. The van der Waals surface area contributed by atoms with Crippen molar-refractivity contribution in [2.75, 3.05) is 26.3 Å². The molecule has 0 saturated carbocycles. The van der Waals surface area contributed by atoms with E-state index >= 15 is 0 Å². The Kier molecular flexibility index (Phi) is 5.44. The summed E-state index contributed by atoms with van der Waals surface area (Å²) in [6.07, 6.45) is 2.45. The molecule has 0 amide bonds. The van der Waals surface area contributed by atoms with Gasteiger partial charge >= 0.3 is 0 Å². The van der Waals surface area contributed by atoms with Crippen molar-refractivity contribution in [1.82, 2.24) is 5.32 Å². The largest absolute Gasteiger partial charge is 0.381 e. The number of halogens is 1. The van der Waals surface area contributed by atoms with E-state index in [-0.39, 0.29) is 0 Å². The van der Waals surface area contributed by atoms with Crippen LogP contribution in [0.15, 0.2) is 11.1 Å². The SMILES string of the molecule is CC(=CCl)CNCCC1CCOC1. The van der Waals surface area contributed by atoms with Crippen LogP contribution in [0.1, 0.15) is 19.8 Å². The van der Waals surface area contributed by atoms with Crippen LogP contribution in [0.2, 0.25) is 0 Å². The van der Waals surface area contributed by atoms with Gasteiger partial charge in [0, 0.05) is 25.3 Å². The maximum Gasteiger partial charge on any atom is 0.0495 e. The zero-order valence-electron chi connectivity index (χ0n) is 8.18. The minimum absolute atomic E-state index is 0.771. The summed E-state index contributed by atoms with van der Waals surface area (Å²) in [5.74, 6) is 0.771. The number of hydrogen-bond acceptors (Lipinski definition) is 2. The molecule has 1 aliphatic heterocycles. The summed E-state index contributed by atoms with van der Waals surface area (Å²) in [5, 5.41) is 3.35. The van der Waals surface area contributed by atoms with Crippen molar-refractivity contribution < 1.29 is 4.74 Å². The van der Waals surface area contributed by atoms with Crippen LogP contribution in [0.3, 0.4) is 0 Å². The summed E-state index contributed by atoms with van der Waals surface area (Å²) in [4.78, 5) is 0. The first-order valence-corrected chi connectivity index (χ1v) is 5.31. The highest BCUT2D eigenvalue weighted by atomic mass is 35.5. The lowest BCUT2D eigenvalue weighted by molar-refractivity contribution is 0.184. The van der Waals surface area contributed by atoms with Gasteiger partial charge in [0.05, 0.1) is 0 Å².